The molecule has 0 heterocycles. The first-order valence-corrected chi connectivity index (χ1v) is 14.0. The van der Waals surface area contributed by atoms with Crippen LogP contribution in [0.25, 0.3) is 0 Å². The van der Waals surface area contributed by atoms with E-state index in [2.05, 4.69) is 10.6 Å². The van der Waals surface area contributed by atoms with Crippen molar-refractivity contribution in [3.05, 3.63) is 83.9 Å². The molecule has 3 aromatic rings. The Bertz CT molecular complexity index is 1360. The highest BCUT2D eigenvalue weighted by Gasteiger charge is 2.32. The van der Waals surface area contributed by atoms with Gasteiger partial charge in [0.25, 0.3) is 5.91 Å². The molecule has 0 saturated carbocycles. The van der Waals surface area contributed by atoms with Crippen molar-refractivity contribution in [2.75, 3.05) is 36.6 Å². The monoisotopic (exact) mass is 539 g/mol. The summed E-state index contributed by atoms with van der Waals surface area (Å²) >= 11 is 0. The molecule has 0 spiro atoms. The van der Waals surface area contributed by atoms with Crippen molar-refractivity contribution in [2.45, 2.75) is 25.8 Å². The first-order chi connectivity index (χ1) is 18.2. The number of carbonyl (C=O) groups is 2. The van der Waals surface area contributed by atoms with E-state index in [1.165, 1.54) is 0 Å². The van der Waals surface area contributed by atoms with Gasteiger partial charge in [-0.2, -0.15) is 0 Å². The molecular weight excluding hydrogens is 506 g/mol. The lowest BCUT2D eigenvalue weighted by Gasteiger charge is -2.30. The molecule has 38 heavy (non-hydrogen) atoms. The van der Waals surface area contributed by atoms with Gasteiger partial charge < -0.3 is 20.1 Å². The lowest BCUT2D eigenvalue weighted by Crippen LogP contribution is -2.47. The fourth-order valence-corrected chi connectivity index (χ4v) is 5.30. The molecular formula is C28H33N3O6S. The second-order valence-electron chi connectivity index (χ2n) is 8.55. The molecule has 202 valence electrons. The Morgan fingerprint density at radius 3 is 2.21 bits per heavy atom. The van der Waals surface area contributed by atoms with Crippen molar-refractivity contribution in [1.29, 1.82) is 0 Å². The minimum Gasteiger partial charge on any atom is -0.493 e. The number of anilines is 2. The highest BCUT2D eigenvalue weighted by atomic mass is 32.2. The van der Waals surface area contributed by atoms with Crippen LogP contribution in [0.2, 0.25) is 0 Å². The predicted octanol–water partition coefficient (Wildman–Crippen LogP) is 3.86. The topological polar surface area (TPSA) is 114 Å². The molecule has 9 nitrogen and oxygen atoms in total. The number of rotatable bonds is 12. The Morgan fingerprint density at radius 1 is 0.921 bits per heavy atom. The second-order valence-corrected chi connectivity index (χ2v) is 10.4. The van der Waals surface area contributed by atoms with E-state index >= 15 is 0 Å². The van der Waals surface area contributed by atoms with Gasteiger partial charge in [-0.3, -0.25) is 13.9 Å². The summed E-state index contributed by atoms with van der Waals surface area (Å²) in [7, 11) is -0.636. The van der Waals surface area contributed by atoms with E-state index in [0.717, 1.165) is 16.1 Å². The number of methoxy groups -OCH3 is 2. The molecule has 0 bridgehead atoms. The molecule has 0 unspecified atom stereocenters. The largest absolute Gasteiger partial charge is 0.493 e. The molecule has 2 N–H and O–H groups in total. The first-order valence-electron chi connectivity index (χ1n) is 12.1. The molecule has 1 atom stereocenters. The fraction of sp³-hybridized carbons (Fsp3) is 0.286. The maximum atomic E-state index is 13.3. The minimum absolute atomic E-state index is 0.230. The van der Waals surface area contributed by atoms with E-state index in [4.69, 9.17) is 9.47 Å². The summed E-state index contributed by atoms with van der Waals surface area (Å²) in [6.07, 6.45) is 1.85. The van der Waals surface area contributed by atoms with Crippen LogP contribution >= 0.6 is 0 Å². The van der Waals surface area contributed by atoms with E-state index in [1.807, 2.05) is 12.1 Å². The predicted molar refractivity (Wildman–Crippen MR) is 148 cm³/mol. The number of hydrogen-bond acceptors (Lipinski definition) is 6. The molecule has 3 rings (SSSR count). The van der Waals surface area contributed by atoms with Gasteiger partial charge in [0.2, 0.25) is 15.9 Å². The van der Waals surface area contributed by atoms with Gasteiger partial charge in [0.1, 0.15) is 6.04 Å². The van der Waals surface area contributed by atoms with Crippen LogP contribution in [0.15, 0.2) is 72.8 Å². The minimum atomic E-state index is -3.76. The van der Waals surface area contributed by atoms with E-state index < -0.39 is 22.0 Å². The molecule has 0 radical (unpaired) electrons. The standard InChI is InChI=1S/C28H33N3O6S/c1-5-24(31(38(4,34)35)21-11-7-6-8-12-21)28(33)30-23-14-10-9-13-22(23)27(32)29-18-17-20-15-16-25(36-2)26(19-20)37-3/h6-16,19,24H,5,17-18H2,1-4H3,(H,29,32)(H,30,33)/t24-/m0/s1. The van der Waals surface area contributed by atoms with E-state index in [0.29, 0.717) is 35.8 Å². The van der Waals surface area contributed by atoms with Crippen LogP contribution in [0.1, 0.15) is 29.3 Å². The number of para-hydroxylation sites is 2. The van der Waals surface area contributed by atoms with Crippen LogP contribution in [0.3, 0.4) is 0 Å². The summed E-state index contributed by atoms with van der Waals surface area (Å²) in [5.74, 6) is 0.329. The highest BCUT2D eigenvalue weighted by Crippen LogP contribution is 2.28. The lowest BCUT2D eigenvalue weighted by atomic mass is 10.1. The number of nitrogens with one attached hydrogen (secondary N) is 2. The van der Waals surface area contributed by atoms with E-state index in [-0.39, 0.29) is 17.9 Å². The summed E-state index contributed by atoms with van der Waals surface area (Å²) < 4.78 is 37.0. The van der Waals surface area contributed by atoms with Crippen LogP contribution in [0.4, 0.5) is 11.4 Å². The molecule has 0 aliphatic rings. The SMILES string of the molecule is CC[C@@H](C(=O)Nc1ccccc1C(=O)NCCc1ccc(OC)c(OC)c1)N(c1ccccc1)S(C)(=O)=O. The summed E-state index contributed by atoms with van der Waals surface area (Å²) in [4.78, 5) is 26.3. The first kappa shape index (κ1) is 28.5. The number of benzene rings is 3. The van der Waals surface area contributed by atoms with Gasteiger partial charge in [-0.05, 0) is 54.8 Å². The van der Waals surface area contributed by atoms with Gasteiger partial charge in [0.05, 0.1) is 37.4 Å². The molecule has 0 aliphatic carbocycles. The summed E-state index contributed by atoms with van der Waals surface area (Å²) in [6, 6.07) is 19.6. The zero-order valence-electron chi connectivity index (χ0n) is 21.9. The van der Waals surface area contributed by atoms with Crippen molar-refractivity contribution < 1.29 is 27.5 Å². The number of nitrogens with zero attached hydrogens (tertiary/aromatic N) is 1. The van der Waals surface area contributed by atoms with Gasteiger partial charge in [-0.15, -0.1) is 0 Å². The Hall–Kier alpha value is -4.05. The summed E-state index contributed by atoms with van der Waals surface area (Å²) in [5, 5.41) is 5.64. The molecule has 0 saturated heterocycles. The molecule has 0 aliphatic heterocycles. The van der Waals surface area contributed by atoms with Crippen molar-refractivity contribution in [3.63, 3.8) is 0 Å². The fourth-order valence-electron chi connectivity index (χ4n) is 4.09. The van der Waals surface area contributed by atoms with E-state index in [1.54, 1.807) is 81.8 Å². The van der Waals surface area contributed by atoms with Gasteiger partial charge in [0.15, 0.2) is 11.5 Å². The summed E-state index contributed by atoms with van der Waals surface area (Å²) in [6.45, 7) is 2.09. The normalized spacial score (nSPS) is 11.8. The quantitative estimate of drug-likeness (QED) is 0.361. The highest BCUT2D eigenvalue weighted by molar-refractivity contribution is 7.92. The average molecular weight is 540 g/mol. The average Bonchev–Trinajstić information content (AvgIpc) is 2.91. The Morgan fingerprint density at radius 2 is 1.58 bits per heavy atom. The van der Waals surface area contributed by atoms with Gasteiger partial charge in [-0.1, -0.05) is 43.3 Å². The maximum Gasteiger partial charge on any atom is 0.253 e. The molecule has 0 fully saturated rings. The molecule has 3 aromatic carbocycles. The number of sulfonamides is 1. The van der Waals surface area contributed by atoms with Crippen LogP contribution in [-0.4, -0.2) is 53.3 Å². The van der Waals surface area contributed by atoms with Crippen LogP contribution in [0.5, 0.6) is 11.5 Å². The van der Waals surface area contributed by atoms with Gasteiger partial charge >= 0.3 is 0 Å². The third-order valence-corrected chi connectivity index (χ3v) is 7.10. The number of hydrogen-bond donors (Lipinski definition) is 2. The zero-order valence-corrected chi connectivity index (χ0v) is 22.7. The van der Waals surface area contributed by atoms with E-state index in [9.17, 15) is 18.0 Å². The second kappa shape index (κ2) is 13.0. The Labute approximate surface area is 223 Å². The Kier molecular flexibility index (Phi) is 9.72. The number of ether oxygens (including phenoxy) is 2. The van der Waals surface area contributed by atoms with Crippen LogP contribution in [0, 0.1) is 0 Å². The summed E-state index contributed by atoms with van der Waals surface area (Å²) in [5.41, 5.74) is 1.91. The molecule has 0 aromatic heterocycles. The molecule has 10 heteroatoms. The van der Waals surface area contributed by atoms with Crippen molar-refractivity contribution in [1.82, 2.24) is 5.32 Å². The third-order valence-electron chi connectivity index (χ3n) is 5.92. The smallest absolute Gasteiger partial charge is 0.253 e. The van der Waals surface area contributed by atoms with Gasteiger partial charge in [-0.25, -0.2) is 8.42 Å². The van der Waals surface area contributed by atoms with Crippen molar-refractivity contribution in [2.24, 2.45) is 0 Å². The van der Waals surface area contributed by atoms with Crippen LogP contribution < -0.4 is 24.4 Å². The molecule has 2 amide bonds. The third kappa shape index (κ3) is 7.04. The van der Waals surface area contributed by atoms with Crippen molar-refractivity contribution >= 4 is 33.2 Å². The number of carbonyl (C=O) groups excluding carboxylic acids is 2. The van der Waals surface area contributed by atoms with Crippen LogP contribution in [-0.2, 0) is 21.2 Å². The maximum absolute atomic E-state index is 13.3. The van der Waals surface area contributed by atoms with Gasteiger partial charge in [0, 0.05) is 6.54 Å². The Balaban J connectivity index is 1.73. The zero-order chi connectivity index (χ0) is 27.7. The number of amides is 2. The lowest BCUT2D eigenvalue weighted by molar-refractivity contribution is -0.117. The van der Waals surface area contributed by atoms with Crippen molar-refractivity contribution in [3.8, 4) is 11.5 Å².